The molecule has 2 aromatic rings. The van der Waals surface area contributed by atoms with E-state index in [0.29, 0.717) is 17.6 Å². The molecule has 30 heteroatoms. The van der Waals surface area contributed by atoms with Crippen LogP contribution in [0.4, 0.5) is 5.82 Å². The van der Waals surface area contributed by atoms with Gasteiger partial charge in [-0.15, -0.1) is 0 Å². The van der Waals surface area contributed by atoms with Gasteiger partial charge in [0.15, 0.2) is 11.5 Å². The van der Waals surface area contributed by atoms with Gasteiger partial charge in [-0.3, -0.25) is 42.9 Å². The van der Waals surface area contributed by atoms with E-state index in [1.165, 1.54) is 85.6 Å². The molecule has 27 nitrogen and oxygen atoms in total. The number of nitrogens with zero attached hydrogens (tertiary/aromatic N) is 4. The van der Waals surface area contributed by atoms with Crippen LogP contribution in [-0.2, 0) is 63.5 Å². The van der Waals surface area contributed by atoms with Gasteiger partial charge >= 0.3 is 25.5 Å². The molecule has 8 atom stereocenters. The topological polar surface area (TPSA) is 412 Å². The van der Waals surface area contributed by atoms with E-state index in [-0.39, 0.29) is 42.8 Å². The van der Waals surface area contributed by atoms with Crippen molar-refractivity contribution in [2.45, 2.75) is 220 Å². The number of anilines is 1. The number of imidazole rings is 1. The molecule has 0 bridgehead atoms. The van der Waals surface area contributed by atoms with Crippen LogP contribution in [-0.4, -0.2) is 160 Å². The summed E-state index contributed by atoms with van der Waals surface area (Å²) in [6, 6.07) is -8.37. The summed E-state index contributed by atoms with van der Waals surface area (Å²) in [4.78, 5) is 140. The number of nitrogens with one attached hydrogen (secondary N) is 6. The van der Waals surface area contributed by atoms with Crippen molar-refractivity contribution < 1.29 is 77.2 Å². The zero-order valence-corrected chi connectivity index (χ0v) is 53.0. The van der Waals surface area contributed by atoms with E-state index in [4.69, 9.17) is 20.1 Å². The van der Waals surface area contributed by atoms with E-state index in [9.17, 15) is 62.8 Å². The standard InChI is InChI=1S/C55H94N11O16PS2/c1-9-10-11-12-13-14-15-16-17-18-19-20-21-22-41(67)60-40(30-85-84-28-27-82-83(79,80)33-81-37(8)29-66-32-59-47-48(56)57-31-58-49(47)66)51(73)63-45(35(4)5)53(75)65-46(36(6)7)54(76)64-44(34(2)3)52(74)61-38(23-25-42(68)69)50(72)62-39(55(77)78)24-26-43(70)71/h31-32,34-40,44-46H,9-30,33H2,1-8H3,(H,60,67)(H,61,74)(H,62,72)(H,63,73)(H,64,76)(H,65,75)(H,68,69)(H,70,71)(H,77,78)(H,79,80)(H2,56,57,58)/t37-,38-,39-,40-,44?,45?,46-/m0/s1. The number of aromatic nitrogens is 4. The third-order valence-corrected chi connectivity index (χ3v) is 17.1. The van der Waals surface area contributed by atoms with Crippen LogP contribution >= 0.6 is 29.2 Å². The molecular formula is C55H94N11O16PS2. The maximum Gasteiger partial charge on any atom is 0.353 e. The summed E-state index contributed by atoms with van der Waals surface area (Å²) < 4.78 is 25.5. The lowest BCUT2D eigenvalue weighted by Gasteiger charge is -2.30. The molecule has 85 heavy (non-hydrogen) atoms. The van der Waals surface area contributed by atoms with E-state index in [1.807, 2.05) is 0 Å². The highest BCUT2D eigenvalue weighted by Crippen LogP contribution is 2.42. The highest BCUT2D eigenvalue weighted by Gasteiger charge is 2.36. The molecule has 2 rings (SSSR count). The monoisotopic (exact) mass is 1260 g/mol. The predicted octanol–water partition coefficient (Wildman–Crippen LogP) is 5.53. The van der Waals surface area contributed by atoms with Gasteiger partial charge in [0, 0.05) is 30.8 Å². The Balaban J connectivity index is 2.15. The number of unbranched alkanes of at least 4 members (excludes halogenated alkanes) is 12. The number of amides is 6. The summed E-state index contributed by atoms with van der Waals surface area (Å²) in [5.41, 5.74) is 6.77. The number of carboxylic acids is 3. The molecule has 2 heterocycles. The van der Waals surface area contributed by atoms with Gasteiger partial charge in [-0.25, -0.2) is 19.7 Å². The molecule has 6 amide bonds. The van der Waals surface area contributed by atoms with Crippen LogP contribution in [0.2, 0.25) is 0 Å². The first kappa shape index (κ1) is 75.5. The lowest BCUT2D eigenvalue weighted by molar-refractivity contribution is -0.144. The Kier molecular flexibility index (Phi) is 36.2. The SMILES string of the molecule is CCCCCCCCCCCCCCCC(=O)N[C@@H](CSSCCOP(=O)(O)CO[C@@H](C)Cn1cnc2c(N)ncnc21)C(=O)NC(C(=O)N[C@H](C(=O)NC(C(=O)N[C@@H](CCC(=O)O)C(=O)N[C@@H](CCC(=O)O)C(=O)O)C(C)C)C(C)C)C(C)C. The van der Waals surface area contributed by atoms with E-state index in [0.717, 1.165) is 25.7 Å². The van der Waals surface area contributed by atoms with Gasteiger partial charge in [0.25, 0.3) is 0 Å². The number of carbonyl (C=O) groups excluding carboxylic acids is 6. The summed E-state index contributed by atoms with van der Waals surface area (Å²) in [7, 11) is -1.78. The van der Waals surface area contributed by atoms with Crippen LogP contribution in [0.5, 0.6) is 0 Å². The Hall–Kier alpha value is -5.61. The molecule has 0 aliphatic heterocycles. The largest absolute Gasteiger partial charge is 0.481 e. The molecule has 482 valence electrons. The van der Waals surface area contributed by atoms with Crippen LogP contribution in [0.1, 0.15) is 171 Å². The molecular weight excluding hydrogens is 1170 g/mol. The summed E-state index contributed by atoms with van der Waals surface area (Å²) in [6.07, 6.45) is 14.2. The molecule has 0 aliphatic carbocycles. The van der Waals surface area contributed by atoms with Crippen molar-refractivity contribution in [3.8, 4) is 0 Å². The Morgan fingerprint density at radius 3 is 1.58 bits per heavy atom. The molecule has 0 aromatic carbocycles. The van der Waals surface area contributed by atoms with Crippen LogP contribution in [0, 0.1) is 17.8 Å². The molecule has 12 N–H and O–H groups in total. The molecule has 2 aromatic heterocycles. The number of rotatable bonds is 47. The summed E-state index contributed by atoms with van der Waals surface area (Å²) >= 11 is 0. The van der Waals surface area contributed by atoms with Gasteiger partial charge in [-0.1, -0.05) is 147 Å². The van der Waals surface area contributed by atoms with Gasteiger partial charge in [-0.05, 0) is 43.9 Å². The first-order valence-corrected chi connectivity index (χ1v) is 33.6. The van der Waals surface area contributed by atoms with Crippen LogP contribution in [0.25, 0.3) is 11.2 Å². The van der Waals surface area contributed by atoms with E-state index in [1.54, 1.807) is 53.0 Å². The minimum atomic E-state index is -4.20. The third kappa shape index (κ3) is 30.5. The number of hydrogen-bond acceptors (Lipinski definition) is 18. The summed E-state index contributed by atoms with van der Waals surface area (Å²) in [5.74, 6) is -10.3. The smallest absolute Gasteiger partial charge is 0.353 e. The maximum atomic E-state index is 14.2. The van der Waals surface area contributed by atoms with Crippen LogP contribution < -0.4 is 37.6 Å². The minimum Gasteiger partial charge on any atom is -0.481 e. The van der Waals surface area contributed by atoms with Gasteiger partial charge in [0.2, 0.25) is 35.4 Å². The first-order chi connectivity index (χ1) is 40.2. The van der Waals surface area contributed by atoms with Crippen molar-refractivity contribution in [3.63, 3.8) is 0 Å². The number of hydrogen-bond donors (Lipinski definition) is 11. The molecule has 0 aliphatic rings. The van der Waals surface area contributed by atoms with E-state index in [2.05, 4.69) is 53.8 Å². The second kappa shape index (κ2) is 40.7. The number of nitrogen functional groups attached to an aromatic ring is 1. The maximum absolute atomic E-state index is 14.2. The lowest BCUT2D eigenvalue weighted by Crippen LogP contribution is -2.62. The Bertz CT molecular complexity index is 2490. The van der Waals surface area contributed by atoms with Crippen molar-refractivity contribution in [3.05, 3.63) is 12.7 Å². The van der Waals surface area contributed by atoms with Crippen molar-refractivity contribution >= 4 is 99.5 Å². The number of ether oxygens (including phenoxy) is 1. The fraction of sp³-hybridized carbons (Fsp3) is 0.745. The molecule has 0 saturated heterocycles. The van der Waals surface area contributed by atoms with E-state index < -0.39 is 147 Å². The lowest BCUT2D eigenvalue weighted by atomic mass is 9.97. The highest BCUT2D eigenvalue weighted by atomic mass is 33.1. The highest BCUT2D eigenvalue weighted by molar-refractivity contribution is 8.76. The van der Waals surface area contributed by atoms with Gasteiger partial charge < -0.3 is 71.7 Å². The van der Waals surface area contributed by atoms with Crippen molar-refractivity contribution in [2.24, 2.45) is 17.8 Å². The number of carbonyl (C=O) groups is 9. The average molecular weight is 1260 g/mol. The van der Waals surface area contributed by atoms with Crippen molar-refractivity contribution in [2.75, 3.05) is 30.2 Å². The predicted molar refractivity (Wildman–Crippen MR) is 324 cm³/mol. The molecule has 0 fully saturated rings. The zero-order chi connectivity index (χ0) is 63.6. The first-order valence-electron chi connectivity index (χ1n) is 29.4. The van der Waals surface area contributed by atoms with E-state index >= 15 is 0 Å². The Morgan fingerprint density at radius 2 is 1.07 bits per heavy atom. The second-order valence-electron chi connectivity index (χ2n) is 22.1. The number of fused-ring (bicyclic) bond motifs is 1. The number of aliphatic carboxylic acids is 3. The zero-order valence-electron chi connectivity index (χ0n) is 50.5. The fourth-order valence-electron chi connectivity index (χ4n) is 8.70. The molecule has 0 radical (unpaired) electrons. The fourth-order valence-corrected chi connectivity index (χ4v) is 11.7. The third-order valence-electron chi connectivity index (χ3n) is 13.6. The number of carboxylic acid groups (broad SMARTS) is 3. The Morgan fingerprint density at radius 1 is 0.600 bits per heavy atom. The minimum absolute atomic E-state index is 0.0174. The normalized spacial score (nSPS) is 14.8. The second-order valence-corrected chi connectivity index (χ2v) is 26.6. The summed E-state index contributed by atoms with van der Waals surface area (Å²) in [5, 5.41) is 43.4. The molecule has 3 unspecified atom stereocenters. The quantitative estimate of drug-likeness (QED) is 0.0220. The van der Waals surface area contributed by atoms with Crippen LogP contribution in [0.3, 0.4) is 0 Å². The van der Waals surface area contributed by atoms with Gasteiger partial charge in [0.1, 0.15) is 54.4 Å². The van der Waals surface area contributed by atoms with Crippen molar-refractivity contribution in [1.82, 2.24) is 51.4 Å². The summed E-state index contributed by atoms with van der Waals surface area (Å²) in [6.45, 7) is 13.7. The Labute approximate surface area is 506 Å². The molecule has 0 saturated carbocycles. The average Bonchev–Trinajstić information content (AvgIpc) is 3.68. The van der Waals surface area contributed by atoms with Crippen molar-refractivity contribution in [1.29, 1.82) is 0 Å². The van der Waals surface area contributed by atoms with Gasteiger partial charge in [-0.2, -0.15) is 0 Å². The number of nitrogens with two attached hydrogens (primary N) is 1. The van der Waals surface area contributed by atoms with Crippen LogP contribution in [0.15, 0.2) is 12.7 Å². The van der Waals surface area contributed by atoms with Gasteiger partial charge in [0.05, 0.1) is 25.6 Å². The molecule has 0 spiro atoms.